The van der Waals surface area contributed by atoms with Crippen LogP contribution < -0.4 is 0 Å². The van der Waals surface area contributed by atoms with Gasteiger partial charge >= 0.3 is 0 Å². The van der Waals surface area contributed by atoms with Gasteiger partial charge in [0.1, 0.15) is 0 Å². The van der Waals surface area contributed by atoms with Gasteiger partial charge in [-0.1, -0.05) is 12.1 Å². The second-order valence-electron chi connectivity index (χ2n) is 5.72. The third kappa shape index (κ3) is 2.96. The van der Waals surface area contributed by atoms with Gasteiger partial charge in [-0.2, -0.15) is 4.98 Å². The van der Waals surface area contributed by atoms with Gasteiger partial charge in [0.15, 0.2) is 5.82 Å². The Labute approximate surface area is 124 Å². The zero-order chi connectivity index (χ0) is 14.8. The van der Waals surface area contributed by atoms with Gasteiger partial charge in [-0.25, -0.2) is 0 Å². The maximum Gasteiger partial charge on any atom is 0.257 e. The van der Waals surface area contributed by atoms with Crippen molar-refractivity contribution in [3.8, 4) is 11.5 Å². The predicted molar refractivity (Wildman–Crippen MR) is 78.8 cm³/mol. The lowest BCUT2D eigenvalue weighted by molar-refractivity contribution is 0.0683. The molecule has 0 aliphatic carbocycles. The molecule has 1 saturated heterocycles. The van der Waals surface area contributed by atoms with Crippen LogP contribution in [0.1, 0.15) is 35.9 Å². The van der Waals surface area contributed by atoms with E-state index in [2.05, 4.69) is 17.1 Å². The van der Waals surface area contributed by atoms with Crippen LogP contribution >= 0.6 is 0 Å². The van der Waals surface area contributed by atoms with Gasteiger partial charge in [0.05, 0.1) is 0 Å². The van der Waals surface area contributed by atoms with Crippen LogP contribution in [0.15, 0.2) is 28.8 Å². The molecule has 0 radical (unpaired) electrons. The van der Waals surface area contributed by atoms with Crippen LogP contribution in [0, 0.1) is 12.8 Å². The van der Waals surface area contributed by atoms with Gasteiger partial charge in [-0.3, -0.25) is 4.79 Å². The van der Waals surface area contributed by atoms with E-state index in [1.807, 2.05) is 29.2 Å². The SMILES string of the molecule is Cc1noc(-c2ccc(C(=O)N3CCCC(C)C3)cc2)n1. The third-order valence-corrected chi connectivity index (χ3v) is 3.85. The molecule has 1 aromatic carbocycles. The molecule has 0 N–H and O–H groups in total. The zero-order valence-corrected chi connectivity index (χ0v) is 12.4. The molecule has 5 nitrogen and oxygen atoms in total. The summed E-state index contributed by atoms with van der Waals surface area (Å²) in [6.07, 6.45) is 2.30. The van der Waals surface area contributed by atoms with Gasteiger partial charge in [-0.05, 0) is 49.9 Å². The fraction of sp³-hybridized carbons (Fsp3) is 0.438. The second kappa shape index (κ2) is 5.68. The Morgan fingerprint density at radius 3 is 2.71 bits per heavy atom. The number of hydrogen-bond donors (Lipinski definition) is 0. The van der Waals surface area contributed by atoms with Crippen molar-refractivity contribution >= 4 is 5.91 Å². The number of aromatic nitrogens is 2. The zero-order valence-electron chi connectivity index (χ0n) is 12.4. The van der Waals surface area contributed by atoms with E-state index in [0.717, 1.165) is 25.1 Å². The largest absolute Gasteiger partial charge is 0.338 e. The average molecular weight is 285 g/mol. The predicted octanol–water partition coefficient (Wildman–Crippen LogP) is 2.92. The first-order valence-corrected chi connectivity index (χ1v) is 7.33. The number of likely N-dealkylation sites (tertiary alicyclic amines) is 1. The highest BCUT2D eigenvalue weighted by molar-refractivity contribution is 5.94. The Kier molecular flexibility index (Phi) is 3.73. The third-order valence-electron chi connectivity index (χ3n) is 3.85. The van der Waals surface area contributed by atoms with E-state index in [9.17, 15) is 4.79 Å². The number of aryl methyl sites for hydroxylation is 1. The van der Waals surface area contributed by atoms with Crippen LogP contribution in [-0.2, 0) is 0 Å². The van der Waals surface area contributed by atoms with E-state index < -0.39 is 0 Å². The topological polar surface area (TPSA) is 59.2 Å². The molecule has 1 aromatic heterocycles. The van der Waals surface area contributed by atoms with Crippen LogP contribution in [0.3, 0.4) is 0 Å². The molecule has 3 rings (SSSR count). The minimum atomic E-state index is 0.106. The molecule has 1 aliphatic heterocycles. The molecule has 1 aliphatic rings. The maximum absolute atomic E-state index is 12.5. The fourth-order valence-corrected chi connectivity index (χ4v) is 2.73. The van der Waals surface area contributed by atoms with Crippen molar-refractivity contribution in [3.05, 3.63) is 35.7 Å². The lowest BCUT2D eigenvalue weighted by Crippen LogP contribution is -2.39. The van der Waals surface area contributed by atoms with Gasteiger partial charge in [0, 0.05) is 24.2 Å². The van der Waals surface area contributed by atoms with Crippen molar-refractivity contribution in [2.45, 2.75) is 26.7 Å². The van der Waals surface area contributed by atoms with Crippen molar-refractivity contribution in [2.75, 3.05) is 13.1 Å². The quantitative estimate of drug-likeness (QED) is 0.851. The molecule has 1 atom stereocenters. The summed E-state index contributed by atoms with van der Waals surface area (Å²) < 4.78 is 5.12. The molecule has 2 heterocycles. The van der Waals surface area contributed by atoms with Crippen molar-refractivity contribution in [1.29, 1.82) is 0 Å². The normalized spacial score (nSPS) is 18.8. The summed E-state index contributed by atoms with van der Waals surface area (Å²) in [6, 6.07) is 7.37. The fourth-order valence-electron chi connectivity index (χ4n) is 2.73. The van der Waals surface area contributed by atoms with Gasteiger partial charge in [0.25, 0.3) is 11.8 Å². The smallest absolute Gasteiger partial charge is 0.257 e. The summed E-state index contributed by atoms with van der Waals surface area (Å²) in [5.41, 5.74) is 1.54. The van der Waals surface area contributed by atoms with E-state index in [0.29, 0.717) is 23.2 Å². The van der Waals surface area contributed by atoms with E-state index in [1.54, 1.807) is 6.92 Å². The molecule has 0 spiro atoms. The lowest BCUT2D eigenvalue weighted by Gasteiger charge is -2.31. The van der Waals surface area contributed by atoms with Crippen LogP contribution in [0.2, 0.25) is 0 Å². The minimum absolute atomic E-state index is 0.106. The standard InChI is InChI=1S/C16H19N3O2/c1-11-4-3-9-19(10-11)16(20)14-7-5-13(6-8-14)15-17-12(2)18-21-15/h5-8,11H,3-4,9-10H2,1-2H3. The molecule has 110 valence electrons. The molecule has 2 aromatic rings. The molecule has 0 bridgehead atoms. The van der Waals surface area contributed by atoms with Crippen LogP contribution in [0.25, 0.3) is 11.5 Å². The van der Waals surface area contributed by atoms with Crippen LogP contribution in [0.4, 0.5) is 0 Å². The van der Waals surface area contributed by atoms with Gasteiger partial charge < -0.3 is 9.42 Å². The molecule has 1 unspecified atom stereocenters. The Morgan fingerprint density at radius 2 is 2.10 bits per heavy atom. The molecule has 0 saturated carbocycles. The Bertz CT molecular complexity index is 633. The van der Waals surface area contributed by atoms with Crippen molar-refractivity contribution < 1.29 is 9.32 Å². The first-order chi connectivity index (χ1) is 10.1. The van der Waals surface area contributed by atoms with Gasteiger partial charge in [-0.15, -0.1) is 0 Å². The van der Waals surface area contributed by atoms with Crippen molar-refractivity contribution in [1.82, 2.24) is 15.0 Å². The second-order valence-corrected chi connectivity index (χ2v) is 5.72. The average Bonchev–Trinajstić information content (AvgIpc) is 2.93. The molecular formula is C16H19N3O2. The number of carbonyl (C=O) groups excluding carboxylic acids is 1. The number of amides is 1. The number of nitrogens with zero attached hydrogens (tertiary/aromatic N) is 3. The molecule has 1 fully saturated rings. The Morgan fingerprint density at radius 1 is 1.33 bits per heavy atom. The van der Waals surface area contributed by atoms with Crippen LogP contribution in [-0.4, -0.2) is 34.0 Å². The first kappa shape index (κ1) is 13.8. The van der Waals surface area contributed by atoms with E-state index >= 15 is 0 Å². The van der Waals surface area contributed by atoms with E-state index in [4.69, 9.17) is 4.52 Å². The van der Waals surface area contributed by atoms with E-state index in [1.165, 1.54) is 6.42 Å². The number of benzene rings is 1. The Hall–Kier alpha value is -2.17. The monoisotopic (exact) mass is 285 g/mol. The maximum atomic E-state index is 12.5. The van der Waals surface area contributed by atoms with Crippen molar-refractivity contribution in [3.63, 3.8) is 0 Å². The summed E-state index contributed by atoms with van der Waals surface area (Å²) in [5.74, 6) is 1.78. The summed E-state index contributed by atoms with van der Waals surface area (Å²) >= 11 is 0. The summed E-state index contributed by atoms with van der Waals surface area (Å²) in [6.45, 7) is 5.68. The lowest BCUT2D eigenvalue weighted by atomic mass is 9.99. The highest BCUT2D eigenvalue weighted by Crippen LogP contribution is 2.21. The summed E-state index contributed by atoms with van der Waals surface area (Å²) in [7, 11) is 0. The summed E-state index contributed by atoms with van der Waals surface area (Å²) in [4.78, 5) is 18.6. The Balaban J connectivity index is 1.76. The molecular weight excluding hydrogens is 266 g/mol. The molecule has 1 amide bonds. The van der Waals surface area contributed by atoms with Gasteiger partial charge in [0.2, 0.25) is 0 Å². The molecule has 21 heavy (non-hydrogen) atoms. The molecule has 5 heteroatoms. The van der Waals surface area contributed by atoms with E-state index in [-0.39, 0.29) is 5.91 Å². The number of piperidine rings is 1. The minimum Gasteiger partial charge on any atom is -0.338 e. The number of carbonyl (C=O) groups is 1. The summed E-state index contributed by atoms with van der Waals surface area (Å²) in [5, 5.41) is 3.77. The van der Waals surface area contributed by atoms with Crippen molar-refractivity contribution in [2.24, 2.45) is 5.92 Å². The number of hydrogen-bond acceptors (Lipinski definition) is 4. The first-order valence-electron chi connectivity index (χ1n) is 7.33. The number of rotatable bonds is 2. The highest BCUT2D eigenvalue weighted by Gasteiger charge is 2.22. The van der Waals surface area contributed by atoms with Crippen LogP contribution in [0.5, 0.6) is 0 Å². The highest BCUT2D eigenvalue weighted by atomic mass is 16.5.